The molecule has 3 rings (SSSR count). The van der Waals surface area contributed by atoms with E-state index in [1.165, 1.54) is 10.9 Å². The zero-order chi connectivity index (χ0) is 8.84. The van der Waals surface area contributed by atoms with E-state index in [0.29, 0.717) is 5.75 Å². The summed E-state index contributed by atoms with van der Waals surface area (Å²) in [4.78, 5) is 3.20. The number of rotatable bonds is 0. The summed E-state index contributed by atoms with van der Waals surface area (Å²) >= 11 is 0. The number of hydrogen-bond donors (Lipinski definition) is 3. The maximum absolute atomic E-state index is 9.63. The Morgan fingerprint density at radius 1 is 1.23 bits per heavy atom. The van der Waals surface area contributed by atoms with Gasteiger partial charge in [0.2, 0.25) is 0 Å². The lowest BCUT2D eigenvalue weighted by Crippen LogP contribution is -2.17. The lowest BCUT2D eigenvalue weighted by atomic mass is 10.0. The molecule has 0 saturated carbocycles. The molecule has 1 aliphatic rings. The van der Waals surface area contributed by atoms with Crippen molar-refractivity contribution in [3.63, 3.8) is 0 Å². The van der Waals surface area contributed by atoms with Gasteiger partial charge in [-0.25, -0.2) is 0 Å². The molecule has 0 amide bonds. The summed E-state index contributed by atoms with van der Waals surface area (Å²) in [6, 6.07) is 3.66. The zero-order valence-electron chi connectivity index (χ0n) is 7.09. The van der Waals surface area contributed by atoms with Crippen LogP contribution in [0.2, 0.25) is 0 Å². The molecule has 3 nitrogen and oxygen atoms in total. The van der Waals surface area contributed by atoms with Crippen LogP contribution in [0.4, 0.5) is 0 Å². The second kappa shape index (κ2) is 2.26. The van der Waals surface area contributed by atoms with Crippen LogP contribution in [0.25, 0.3) is 10.9 Å². The van der Waals surface area contributed by atoms with Gasteiger partial charge in [-0.2, -0.15) is 0 Å². The van der Waals surface area contributed by atoms with Crippen LogP contribution in [-0.4, -0.2) is 10.1 Å². The first-order valence-corrected chi connectivity index (χ1v) is 4.38. The summed E-state index contributed by atoms with van der Waals surface area (Å²) in [6.45, 7) is 1.64. The predicted molar refractivity (Wildman–Crippen MR) is 50.5 cm³/mol. The van der Waals surface area contributed by atoms with Crippen LogP contribution in [0.1, 0.15) is 11.1 Å². The quantitative estimate of drug-likeness (QED) is 0.566. The number of benzene rings is 1. The monoisotopic (exact) mass is 174 g/mol. The van der Waals surface area contributed by atoms with Crippen molar-refractivity contribution >= 4 is 10.9 Å². The van der Waals surface area contributed by atoms with E-state index in [1.54, 1.807) is 6.07 Å². The minimum atomic E-state index is 0.389. The number of phenolic OH excluding ortho intramolecular Hbond substituents is 1. The molecule has 3 heteroatoms. The van der Waals surface area contributed by atoms with Crippen LogP contribution in [0.5, 0.6) is 5.75 Å². The number of aromatic amines is 1. The van der Waals surface area contributed by atoms with E-state index in [0.717, 1.165) is 24.2 Å². The van der Waals surface area contributed by atoms with E-state index in [9.17, 15) is 5.11 Å². The normalized spacial score (nSPS) is 15.1. The summed E-state index contributed by atoms with van der Waals surface area (Å²) in [5, 5.41) is 14.1. The van der Waals surface area contributed by atoms with Crippen molar-refractivity contribution in [2.24, 2.45) is 0 Å². The van der Waals surface area contributed by atoms with Crippen molar-refractivity contribution in [2.45, 2.75) is 13.1 Å². The Hall–Kier alpha value is -1.48. The number of aromatic hydroxyl groups is 1. The lowest BCUT2D eigenvalue weighted by Gasteiger charge is -2.14. The van der Waals surface area contributed by atoms with Crippen molar-refractivity contribution in [2.75, 3.05) is 0 Å². The molecule has 0 atom stereocenters. The Morgan fingerprint density at radius 3 is 3.08 bits per heavy atom. The standard InChI is InChI=1S/C10H10N2O/c13-9-2-1-8-10-6(4-12-8)3-11-5-7(9)10/h1-2,4,11-13H,3,5H2. The van der Waals surface area contributed by atoms with Gasteiger partial charge in [-0.3, -0.25) is 0 Å². The highest BCUT2D eigenvalue weighted by Gasteiger charge is 2.15. The second-order valence-corrected chi connectivity index (χ2v) is 3.40. The Kier molecular flexibility index (Phi) is 1.21. The number of phenols is 1. The summed E-state index contributed by atoms with van der Waals surface area (Å²) in [6.07, 6.45) is 2.00. The van der Waals surface area contributed by atoms with E-state index >= 15 is 0 Å². The fourth-order valence-electron chi connectivity index (χ4n) is 2.00. The molecule has 1 aliphatic heterocycles. The number of H-pyrrole nitrogens is 1. The Morgan fingerprint density at radius 2 is 2.15 bits per heavy atom. The first-order valence-electron chi connectivity index (χ1n) is 4.38. The molecular weight excluding hydrogens is 164 g/mol. The molecule has 2 aromatic rings. The minimum Gasteiger partial charge on any atom is -0.508 e. The Balaban J connectivity index is 2.50. The van der Waals surface area contributed by atoms with E-state index < -0.39 is 0 Å². The van der Waals surface area contributed by atoms with Crippen LogP contribution in [-0.2, 0) is 13.1 Å². The van der Waals surface area contributed by atoms with Gasteiger partial charge >= 0.3 is 0 Å². The average molecular weight is 174 g/mol. The zero-order valence-corrected chi connectivity index (χ0v) is 7.09. The molecule has 13 heavy (non-hydrogen) atoms. The van der Waals surface area contributed by atoms with Crippen molar-refractivity contribution in [3.8, 4) is 5.75 Å². The molecule has 66 valence electrons. The molecular formula is C10H10N2O. The highest BCUT2D eigenvalue weighted by atomic mass is 16.3. The van der Waals surface area contributed by atoms with E-state index in [1.807, 2.05) is 12.3 Å². The number of hydrogen-bond acceptors (Lipinski definition) is 2. The minimum absolute atomic E-state index is 0.389. The highest BCUT2D eigenvalue weighted by molar-refractivity contribution is 5.89. The lowest BCUT2D eigenvalue weighted by molar-refractivity contribution is 0.464. The summed E-state index contributed by atoms with van der Waals surface area (Å²) in [5.41, 5.74) is 3.37. The molecule has 1 aromatic heterocycles. The second-order valence-electron chi connectivity index (χ2n) is 3.40. The fraction of sp³-hybridized carbons (Fsp3) is 0.200. The molecule has 0 spiro atoms. The van der Waals surface area contributed by atoms with Crippen molar-refractivity contribution in [1.29, 1.82) is 0 Å². The van der Waals surface area contributed by atoms with Gasteiger partial charge in [0.1, 0.15) is 5.75 Å². The van der Waals surface area contributed by atoms with Gasteiger partial charge in [0.15, 0.2) is 0 Å². The smallest absolute Gasteiger partial charge is 0.120 e. The maximum Gasteiger partial charge on any atom is 0.120 e. The molecule has 0 bridgehead atoms. The first kappa shape index (κ1) is 6.97. The molecule has 2 heterocycles. The van der Waals surface area contributed by atoms with Crippen molar-refractivity contribution in [1.82, 2.24) is 10.3 Å². The van der Waals surface area contributed by atoms with Crippen molar-refractivity contribution in [3.05, 3.63) is 29.5 Å². The van der Waals surface area contributed by atoms with Gasteiger partial charge in [-0.05, 0) is 17.7 Å². The van der Waals surface area contributed by atoms with E-state index in [-0.39, 0.29) is 0 Å². The van der Waals surface area contributed by atoms with Gasteiger partial charge in [-0.15, -0.1) is 0 Å². The molecule has 0 fully saturated rings. The summed E-state index contributed by atoms with van der Waals surface area (Å²) in [5.74, 6) is 0.389. The molecule has 1 aromatic carbocycles. The van der Waals surface area contributed by atoms with Crippen LogP contribution in [0, 0.1) is 0 Å². The third-order valence-corrected chi connectivity index (χ3v) is 2.63. The van der Waals surface area contributed by atoms with Crippen LogP contribution >= 0.6 is 0 Å². The largest absolute Gasteiger partial charge is 0.508 e. The average Bonchev–Trinajstić information content (AvgIpc) is 2.57. The Labute approximate surface area is 75.4 Å². The molecule has 0 unspecified atom stereocenters. The van der Waals surface area contributed by atoms with Gasteiger partial charge in [0, 0.05) is 35.8 Å². The van der Waals surface area contributed by atoms with Gasteiger partial charge in [-0.1, -0.05) is 0 Å². The topological polar surface area (TPSA) is 48.0 Å². The summed E-state index contributed by atoms with van der Waals surface area (Å²) in [7, 11) is 0. The maximum atomic E-state index is 9.63. The SMILES string of the molecule is Oc1ccc2[nH]cc3c2c1CNC3. The number of nitrogens with one attached hydrogen (secondary N) is 2. The number of aromatic nitrogens is 1. The third-order valence-electron chi connectivity index (χ3n) is 2.63. The fourth-order valence-corrected chi connectivity index (χ4v) is 2.00. The first-order chi connectivity index (χ1) is 6.36. The van der Waals surface area contributed by atoms with Crippen LogP contribution < -0.4 is 5.32 Å². The van der Waals surface area contributed by atoms with Crippen molar-refractivity contribution < 1.29 is 5.11 Å². The molecule has 0 saturated heterocycles. The van der Waals surface area contributed by atoms with Crippen LogP contribution in [0.3, 0.4) is 0 Å². The predicted octanol–water partition coefficient (Wildman–Crippen LogP) is 1.48. The highest BCUT2D eigenvalue weighted by Crippen LogP contribution is 2.31. The molecule has 0 radical (unpaired) electrons. The van der Waals surface area contributed by atoms with E-state index in [2.05, 4.69) is 10.3 Å². The van der Waals surface area contributed by atoms with Crippen LogP contribution in [0.15, 0.2) is 18.3 Å². The van der Waals surface area contributed by atoms with Gasteiger partial charge < -0.3 is 15.4 Å². The molecule has 0 aliphatic carbocycles. The van der Waals surface area contributed by atoms with Gasteiger partial charge in [0.25, 0.3) is 0 Å². The third kappa shape index (κ3) is 0.820. The van der Waals surface area contributed by atoms with Gasteiger partial charge in [0.05, 0.1) is 0 Å². The Bertz CT molecular complexity index is 473. The molecule has 3 N–H and O–H groups in total. The van der Waals surface area contributed by atoms with E-state index in [4.69, 9.17) is 0 Å². The summed E-state index contributed by atoms with van der Waals surface area (Å²) < 4.78 is 0.